The SMILES string of the molecule is CNc1ncnc(Nc2ccc(Cl)cc2C)c1[N+](=O)[O-]. The summed E-state index contributed by atoms with van der Waals surface area (Å²) in [7, 11) is 1.56. The summed E-state index contributed by atoms with van der Waals surface area (Å²) in [5, 5.41) is 17.4. The van der Waals surface area contributed by atoms with Crippen molar-refractivity contribution in [2.24, 2.45) is 0 Å². The van der Waals surface area contributed by atoms with E-state index in [1.165, 1.54) is 6.33 Å². The highest BCUT2D eigenvalue weighted by Crippen LogP contribution is 2.32. The highest BCUT2D eigenvalue weighted by atomic mass is 35.5. The first-order valence-corrected chi connectivity index (χ1v) is 6.11. The van der Waals surface area contributed by atoms with Gasteiger partial charge in [-0.25, -0.2) is 9.97 Å². The molecule has 0 saturated heterocycles. The van der Waals surface area contributed by atoms with Gasteiger partial charge >= 0.3 is 5.69 Å². The molecule has 104 valence electrons. The van der Waals surface area contributed by atoms with E-state index in [1.807, 2.05) is 6.92 Å². The van der Waals surface area contributed by atoms with Crippen LogP contribution in [0.4, 0.5) is 23.0 Å². The molecule has 0 aliphatic heterocycles. The molecule has 0 atom stereocenters. The van der Waals surface area contributed by atoms with Gasteiger partial charge < -0.3 is 10.6 Å². The number of halogens is 1. The number of hydrogen-bond donors (Lipinski definition) is 2. The lowest BCUT2D eigenvalue weighted by molar-refractivity contribution is -0.383. The predicted octanol–water partition coefficient (Wildman–Crippen LogP) is 3.13. The van der Waals surface area contributed by atoms with E-state index >= 15 is 0 Å². The minimum absolute atomic E-state index is 0.125. The molecule has 1 aromatic carbocycles. The zero-order valence-electron chi connectivity index (χ0n) is 10.8. The molecule has 2 rings (SSSR count). The number of nitrogens with one attached hydrogen (secondary N) is 2. The molecule has 0 spiro atoms. The molecule has 0 amide bonds. The van der Waals surface area contributed by atoms with Gasteiger partial charge in [0.2, 0.25) is 11.6 Å². The molecule has 2 N–H and O–H groups in total. The van der Waals surface area contributed by atoms with Crippen LogP contribution in [0.15, 0.2) is 24.5 Å². The van der Waals surface area contributed by atoms with Crippen LogP contribution in [0.2, 0.25) is 5.02 Å². The monoisotopic (exact) mass is 293 g/mol. The van der Waals surface area contributed by atoms with Crippen LogP contribution in [0, 0.1) is 17.0 Å². The lowest BCUT2D eigenvalue weighted by Gasteiger charge is -2.10. The van der Waals surface area contributed by atoms with Crippen molar-refractivity contribution < 1.29 is 4.92 Å². The molecule has 0 aliphatic rings. The molecule has 20 heavy (non-hydrogen) atoms. The van der Waals surface area contributed by atoms with Gasteiger partial charge in [-0.3, -0.25) is 10.1 Å². The van der Waals surface area contributed by atoms with Crippen molar-refractivity contribution in [1.29, 1.82) is 0 Å². The maximum absolute atomic E-state index is 11.2. The van der Waals surface area contributed by atoms with Crippen LogP contribution in [-0.4, -0.2) is 21.9 Å². The fraction of sp³-hybridized carbons (Fsp3) is 0.167. The molecule has 7 nitrogen and oxygen atoms in total. The van der Waals surface area contributed by atoms with E-state index in [-0.39, 0.29) is 17.3 Å². The molecule has 0 bridgehead atoms. The normalized spacial score (nSPS) is 10.2. The summed E-state index contributed by atoms with van der Waals surface area (Å²) in [6, 6.07) is 5.20. The van der Waals surface area contributed by atoms with Crippen molar-refractivity contribution in [3.05, 3.63) is 45.2 Å². The maximum Gasteiger partial charge on any atom is 0.353 e. The molecule has 0 saturated carbocycles. The Labute approximate surface area is 120 Å². The standard InChI is InChI=1S/C12H12ClN5O2/c1-7-5-8(13)3-4-9(7)17-12-10(18(19)20)11(14-2)15-6-16-12/h3-6H,1-2H3,(H2,14,15,16,17). The molecule has 0 unspecified atom stereocenters. The molecule has 0 radical (unpaired) electrons. The third-order valence-corrected chi connectivity index (χ3v) is 2.92. The highest BCUT2D eigenvalue weighted by Gasteiger charge is 2.22. The zero-order chi connectivity index (χ0) is 14.7. The van der Waals surface area contributed by atoms with Crippen LogP contribution < -0.4 is 10.6 Å². The summed E-state index contributed by atoms with van der Waals surface area (Å²) in [4.78, 5) is 18.4. The van der Waals surface area contributed by atoms with E-state index in [0.717, 1.165) is 5.56 Å². The summed E-state index contributed by atoms with van der Waals surface area (Å²) in [5.74, 6) is 0.277. The molecule has 0 fully saturated rings. The lowest BCUT2D eigenvalue weighted by Crippen LogP contribution is -2.05. The minimum Gasteiger partial charge on any atom is -0.367 e. The number of anilines is 3. The minimum atomic E-state index is -0.528. The van der Waals surface area contributed by atoms with Crippen LogP contribution in [0.5, 0.6) is 0 Å². The fourth-order valence-electron chi connectivity index (χ4n) is 1.72. The number of nitro groups is 1. The molecule has 2 aromatic rings. The molecule has 1 heterocycles. The summed E-state index contributed by atoms with van der Waals surface area (Å²) in [5.41, 5.74) is 1.35. The number of nitrogens with zero attached hydrogens (tertiary/aromatic N) is 3. The van der Waals surface area contributed by atoms with Crippen molar-refractivity contribution in [1.82, 2.24) is 9.97 Å². The summed E-state index contributed by atoms with van der Waals surface area (Å²) < 4.78 is 0. The van der Waals surface area contributed by atoms with E-state index in [9.17, 15) is 10.1 Å². The van der Waals surface area contributed by atoms with Gasteiger partial charge in [-0.15, -0.1) is 0 Å². The van der Waals surface area contributed by atoms with Gasteiger partial charge in [0.05, 0.1) is 4.92 Å². The van der Waals surface area contributed by atoms with Gasteiger partial charge in [0.1, 0.15) is 6.33 Å². The van der Waals surface area contributed by atoms with Crippen LogP contribution in [-0.2, 0) is 0 Å². The van der Waals surface area contributed by atoms with E-state index in [2.05, 4.69) is 20.6 Å². The topological polar surface area (TPSA) is 93.0 Å². The van der Waals surface area contributed by atoms with Gasteiger partial charge in [-0.05, 0) is 30.7 Å². The second-order valence-electron chi connectivity index (χ2n) is 4.01. The first kappa shape index (κ1) is 14.0. The number of rotatable bonds is 4. The Kier molecular flexibility index (Phi) is 3.99. The van der Waals surface area contributed by atoms with E-state index in [1.54, 1.807) is 25.2 Å². The average Bonchev–Trinajstić information content (AvgIpc) is 2.41. The van der Waals surface area contributed by atoms with Crippen LogP contribution in [0.1, 0.15) is 5.56 Å². The first-order chi connectivity index (χ1) is 9.52. The van der Waals surface area contributed by atoms with E-state index in [4.69, 9.17) is 11.6 Å². The number of aromatic nitrogens is 2. The Morgan fingerprint density at radius 2 is 2.00 bits per heavy atom. The second kappa shape index (κ2) is 5.70. The number of benzene rings is 1. The predicted molar refractivity (Wildman–Crippen MR) is 77.7 cm³/mol. The molecular formula is C12H12ClN5O2. The van der Waals surface area contributed by atoms with E-state index in [0.29, 0.717) is 10.7 Å². The summed E-state index contributed by atoms with van der Waals surface area (Å²) in [6.07, 6.45) is 1.26. The maximum atomic E-state index is 11.2. The highest BCUT2D eigenvalue weighted by molar-refractivity contribution is 6.30. The Morgan fingerprint density at radius 1 is 1.30 bits per heavy atom. The summed E-state index contributed by atoms with van der Waals surface area (Å²) in [6.45, 7) is 1.85. The van der Waals surface area contributed by atoms with Crippen molar-refractivity contribution in [2.75, 3.05) is 17.7 Å². The Bertz CT molecular complexity index is 662. The number of aryl methyl sites for hydroxylation is 1. The van der Waals surface area contributed by atoms with Crippen LogP contribution in [0.25, 0.3) is 0 Å². The third-order valence-electron chi connectivity index (χ3n) is 2.68. The Hall–Kier alpha value is -2.41. The van der Waals surface area contributed by atoms with Gasteiger partial charge in [0.25, 0.3) is 0 Å². The van der Waals surface area contributed by atoms with Crippen molar-refractivity contribution in [3.8, 4) is 0 Å². The molecule has 1 aromatic heterocycles. The van der Waals surface area contributed by atoms with E-state index < -0.39 is 4.92 Å². The van der Waals surface area contributed by atoms with Crippen molar-refractivity contribution >= 4 is 34.6 Å². The second-order valence-corrected chi connectivity index (χ2v) is 4.45. The Morgan fingerprint density at radius 3 is 2.60 bits per heavy atom. The lowest BCUT2D eigenvalue weighted by atomic mass is 10.2. The quantitative estimate of drug-likeness (QED) is 0.664. The first-order valence-electron chi connectivity index (χ1n) is 5.73. The zero-order valence-corrected chi connectivity index (χ0v) is 11.6. The van der Waals surface area contributed by atoms with Gasteiger partial charge in [-0.2, -0.15) is 0 Å². The largest absolute Gasteiger partial charge is 0.367 e. The third kappa shape index (κ3) is 2.77. The van der Waals surface area contributed by atoms with Crippen LogP contribution in [0.3, 0.4) is 0 Å². The Balaban J connectivity index is 2.45. The number of hydrogen-bond acceptors (Lipinski definition) is 6. The van der Waals surface area contributed by atoms with Gasteiger partial charge in [0.15, 0.2) is 0 Å². The molecule has 8 heteroatoms. The molecular weight excluding hydrogens is 282 g/mol. The van der Waals surface area contributed by atoms with Crippen molar-refractivity contribution in [2.45, 2.75) is 6.92 Å². The smallest absolute Gasteiger partial charge is 0.353 e. The van der Waals surface area contributed by atoms with Gasteiger partial charge in [0, 0.05) is 17.8 Å². The van der Waals surface area contributed by atoms with Crippen molar-refractivity contribution in [3.63, 3.8) is 0 Å². The fourth-order valence-corrected chi connectivity index (χ4v) is 1.95. The molecule has 0 aliphatic carbocycles. The van der Waals surface area contributed by atoms with Crippen LogP contribution >= 0.6 is 11.6 Å². The van der Waals surface area contributed by atoms with Gasteiger partial charge in [-0.1, -0.05) is 11.6 Å². The summed E-state index contributed by atoms with van der Waals surface area (Å²) >= 11 is 5.88. The average molecular weight is 294 g/mol.